The van der Waals surface area contributed by atoms with E-state index in [1.165, 1.54) is 23.5 Å². The molecule has 2 amide bonds. The highest BCUT2D eigenvalue weighted by Gasteiger charge is 2.22. The van der Waals surface area contributed by atoms with Gasteiger partial charge in [-0.05, 0) is 44.2 Å². The predicted octanol–water partition coefficient (Wildman–Crippen LogP) is 2.98. The van der Waals surface area contributed by atoms with Crippen LogP contribution < -0.4 is 0 Å². The molecule has 30 heavy (non-hydrogen) atoms. The van der Waals surface area contributed by atoms with E-state index in [4.69, 9.17) is 0 Å². The molecule has 0 spiro atoms. The molecule has 0 saturated carbocycles. The van der Waals surface area contributed by atoms with E-state index in [2.05, 4.69) is 9.88 Å². The van der Waals surface area contributed by atoms with Gasteiger partial charge in [-0.1, -0.05) is 0 Å². The number of rotatable bonds is 7. The van der Waals surface area contributed by atoms with Crippen molar-refractivity contribution in [2.45, 2.75) is 13.8 Å². The summed E-state index contributed by atoms with van der Waals surface area (Å²) < 4.78 is 13.1. The van der Waals surface area contributed by atoms with Gasteiger partial charge >= 0.3 is 0 Å². The lowest BCUT2D eigenvalue weighted by molar-refractivity contribution is -0.133. The quantitative estimate of drug-likeness (QED) is 0.634. The Bertz CT molecular complexity index is 885. The first-order valence-electron chi connectivity index (χ1n) is 10.2. The third kappa shape index (κ3) is 5.73. The summed E-state index contributed by atoms with van der Waals surface area (Å²) in [6.45, 7) is 8.40. The fourth-order valence-corrected chi connectivity index (χ4v) is 4.14. The van der Waals surface area contributed by atoms with Gasteiger partial charge < -0.3 is 9.80 Å². The highest BCUT2D eigenvalue weighted by atomic mass is 32.1. The van der Waals surface area contributed by atoms with Gasteiger partial charge in [0.2, 0.25) is 11.8 Å². The maximum atomic E-state index is 13.1. The summed E-state index contributed by atoms with van der Waals surface area (Å²) in [5.74, 6) is -0.195. The molecular weight excluding hydrogens is 403 g/mol. The molecule has 160 valence electrons. The lowest BCUT2D eigenvalue weighted by atomic mass is 10.2. The fourth-order valence-electron chi connectivity index (χ4n) is 3.34. The molecule has 1 aromatic heterocycles. The molecule has 1 saturated heterocycles. The van der Waals surface area contributed by atoms with Crippen LogP contribution in [0.15, 0.2) is 35.7 Å². The highest BCUT2D eigenvalue weighted by Crippen LogP contribution is 2.24. The molecule has 2 heterocycles. The minimum absolute atomic E-state index is 0.0546. The molecule has 1 aliphatic rings. The monoisotopic (exact) mass is 430 g/mol. The van der Waals surface area contributed by atoms with Gasteiger partial charge in [0.15, 0.2) is 0 Å². The van der Waals surface area contributed by atoms with E-state index in [0.717, 1.165) is 23.7 Å². The number of nitrogens with zero attached hydrogens (tertiary/aromatic N) is 4. The number of aromatic nitrogens is 1. The topological polar surface area (TPSA) is 56.8 Å². The number of benzene rings is 1. The number of piperazine rings is 1. The number of hydrogen-bond donors (Lipinski definition) is 0. The number of carbonyl (C=O) groups is 2. The van der Waals surface area contributed by atoms with Crippen LogP contribution in [0.25, 0.3) is 16.6 Å². The molecular formula is C22H27FN4O2S. The van der Waals surface area contributed by atoms with E-state index in [1.54, 1.807) is 29.2 Å². The first-order chi connectivity index (χ1) is 14.5. The second-order valence-corrected chi connectivity index (χ2v) is 7.94. The third-order valence-corrected chi connectivity index (χ3v) is 6.08. The molecule has 3 rings (SSSR count). The summed E-state index contributed by atoms with van der Waals surface area (Å²) >= 11 is 1.46. The Morgan fingerprint density at radius 3 is 2.43 bits per heavy atom. The SMILES string of the molecule is CCN(CC)C(=O)CN1CCN(C(=O)/C=C/c2csc(-c3ccc(F)cc3)n2)CC1. The van der Waals surface area contributed by atoms with Crippen molar-refractivity contribution < 1.29 is 14.0 Å². The zero-order valence-electron chi connectivity index (χ0n) is 17.4. The van der Waals surface area contributed by atoms with Crippen molar-refractivity contribution >= 4 is 29.2 Å². The molecule has 0 bridgehead atoms. The van der Waals surface area contributed by atoms with Gasteiger partial charge in [0.05, 0.1) is 12.2 Å². The largest absolute Gasteiger partial charge is 0.342 e. The maximum Gasteiger partial charge on any atom is 0.246 e. The molecule has 0 unspecified atom stereocenters. The van der Waals surface area contributed by atoms with Crippen molar-refractivity contribution in [2.75, 3.05) is 45.8 Å². The van der Waals surface area contributed by atoms with E-state index in [0.29, 0.717) is 38.4 Å². The van der Waals surface area contributed by atoms with E-state index in [-0.39, 0.29) is 17.6 Å². The second-order valence-electron chi connectivity index (χ2n) is 7.09. The van der Waals surface area contributed by atoms with Gasteiger partial charge in [-0.2, -0.15) is 0 Å². The summed E-state index contributed by atoms with van der Waals surface area (Å²) in [4.78, 5) is 34.9. The van der Waals surface area contributed by atoms with Crippen molar-refractivity contribution in [3.8, 4) is 10.6 Å². The van der Waals surface area contributed by atoms with Crippen LogP contribution in [-0.4, -0.2) is 77.3 Å². The summed E-state index contributed by atoms with van der Waals surface area (Å²) in [5, 5.41) is 2.66. The lowest BCUT2D eigenvalue weighted by Gasteiger charge is -2.34. The van der Waals surface area contributed by atoms with Crippen LogP contribution in [0.3, 0.4) is 0 Å². The molecule has 0 N–H and O–H groups in total. The number of thiazole rings is 1. The Morgan fingerprint density at radius 1 is 1.13 bits per heavy atom. The number of hydrogen-bond acceptors (Lipinski definition) is 5. The third-order valence-electron chi connectivity index (χ3n) is 5.17. The van der Waals surface area contributed by atoms with Crippen molar-refractivity contribution in [1.82, 2.24) is 19.7 Å². The molecule has 1 fully saturated rings. The predicted molar refractivity (Wildman–Crippen MR) is 117 cm³/mol. The van der Waals surface area contributed by atoms with Gasteiger partial charge in [-0.3, -0.25) is 14.5 Å². The van der Waals surface area contributed by atoms with E-state index < -0.39 is 0 Å². The normalized spacial score (nSPS) is 15.0. The Balaban J connectivity index is 1.49. The van der Waals surface area contributed by atoms with Crippen LogP contribution in [0.2, 0.25) is 0 Å². The molecule has 1 aromatic carbocycles. The minimum atomic E-state index is -0.279. The zero-order chi connectivity index (χ0) is 21.5. The number of halogens is 1. The first-order valence-corrected chi connectivity index (χ1v) is 11.1. The van der Waals surface area contributed by atoms with Crippen molar-refractivity contribution in [2.24, 2.45) is 0 Å². The van der Waals surface area contributed by atoms with Crippen molar-refractivity contribution in [3.63, 3.8) is 0 Å². The summed E-state index contributed by atoms with van der Waals surface area (Å²) in [6, 6.07) is 6.20. The highest BCUT2D eigenvalue weighted by molar-refractivity contribution is 7.13. The summed E-state index contributed by atoms with van der Waals surface area (Å²) in [6.07, 6.45) is 3.25. The summed E-state index contributed by atoms with van der Waals surface area (Å²) in [7, 11) is 0. The first kappa shape index (κ1) is 22.1. The lowest BCUT2D eigenvalue weighted by Crippen LogP contribution is -2.51. The van der Waals surface area contributed by atoms with Crippen molar-refractivity contribution in [1.29, 1.82) is 0 Å². The Morgan fingerprint density at radius 2 is 1.80 bits per heavy atom. The molecule has 6 nitrogen and oxygen atoms in total. The van der Waals surface area contributed by atoms with Gasteiger partial charge in [0.25, 0.3) is 0 Å². The van der Waals surface area contributed by atoms with Crippen LogP contribution in [0.5, 0.6) is 0 Å². The standard InChI is InChI=1S/C22H27FN4O2S/c1-3-26(4-2)21(29)15-25-11-13-27(14-12-25)20(28)10-9-19-16-30-22(24-19)17-5-7-18(23)8-6-17/h5-10,16H,3-4,11-15H2,1-2H3/b10-9+. The molecule has 0 atom stereocenters. The van der Waals surface area contributed by atoms with Gasteiger partial charge in [0.1, 0.15) is 10.8 Å². The van der Waals surface area contributed by atoms with Crippen LogP contribution in [0.4, 0.5) is 4.39 Å². The molecule has 0 radical (unpaired) electrons. The van der Waals surface area contributed by atoms with E-state index >= 15 is 0 Å². The van der Waals surface area contributed by atoms with Crippen LogP contribution in [0, 0.1) is 5.82 Å². The van der Waals surface area contributed by atoms with Crippen LogP contribution in [0.1, 0.15) is 19.5 Å². The Labute approximate surface area is 180 Å². The Hall–Kier alpha value is -2.58. The number of carbonyl (C=O) groups excluding carboxylic acids is 2. The van der Waals surface area contributed by atoms with E-state index in [9.17, 15) is 14.0 Å². The van der Waals surface area contributed by atoms with Crippen LogP contribution in [-0.2, 0) is 9.59 Å². The molecule has 8 heteroatoms. The molecule has 2 aromatic rings. The average Bonchev–Trinajstić information content (AvgIpc) is 3.23. The van der Waals surface area contributed by atoms with Gasteiger partial charge in [-0.25, -0.2) is 9.37 Å². The smallest absolute Gasteiger partial charge is 0.246 e. The van der Waals surface area contributed by atoms with E-state index in [1.807, 2.05) is 24.1 Å². The van der Waals surface area contributed by atoms with Crippen molar-refractivity contribution in [3.05, 3.63) is 47.2 Å². The van der Waals surface area contributed by atoms with Gasteiger partial charge in [-0.15, -0.1) is 11.3 Å². The fraction of sp³-hybridized carbons (Fsp3) is 0.409. The molecule has 0 aliphatic carbocycles. The van der Waals surface area contributed by atoms with Crippen LogP contribution >= 0.6 is 11.3 Å². The Kier molecular flexibility index (Phi) is 7.70. The average molecular weight is 431 g/mol. The number of likely N-dealkylation sites (N-methyl/N-ethyl adjacent to an activating group) is 1. The number of amides is 2. The minimum Gasteiger partial charge on any atom is -0.342 e. The molecule has 1 aliphatic heterocycles. The maximum absolute atomic E-state index is 13.1. The van der Waals surface area contributed by atoms with Gasteiger partial charge in [0, 0.05) is 56.3 Å². The summed E-state index contributed by atoms with van der Waals surface area (Å²) in [5.41, 5.74) is 1.55. The second kappa shape index (κ2) is 10.4. The zero-order valence-corrected chi connectivity index (χ0v) is 18.2.